The van der Waals surface area contributed by atoms with Crippen LogP contribution >= 0.6 is 11.3 Å². The van der Waals surface area contributed by atoms with E-state index in [0.717, 1.165) is 59.7 Å². The predicted molar refractivity (Wildman–Crippen MR) is 183 cm³/mol. The summed E-state index contributed by atoms with van der Waals surface area (Å²) in [5, 5.41) is 0.999. The topological polar surface area (TPSA) is 64.5 Å². The van der Waals surface area contributed by atoms with Gasteiger partial charge in [-0.25, -0.2) is 19.9 Å². The van der Waals surface area contributed by atoms with Crippen LogP contribution in [0.15, 0.2) is 152 Å². The molecule has 0 radical (unpaired) electrons. The average Bonchev–Trinajstić information content (AvgIpc) is 3.57. The van der Waals surface area contributed by atoms with Crippen molar-refractivity contribution >= 4 is 21.6 Å². The van der Waals surface area contributed by atoms with E-state index >= 15 is 0 Å². The van der Waals surface area contributed by atoms with E-state index in [0.29, 0.717) is 17.5 Å². The van der Waals surface area contributed by atoms with Gasteiger partial charge < -0.3 is 0 Å². The zero-order valence-corrected chi connectivity index (χ0v) is 24.9. The summed E-state index contributed by atoms with van der Waals surface area (Å²) >= 11 is 1.71. The van der Waals surface area contributed by atoms with Crippen LogP contribution in [0.2, 0.25) is 0 Å². The van der Waals surface area contributed by atoms with Crippen molar-refractivity contribution in [3.05, 3.63) is 152 Å². The van der Waals surface area contributed by atoms with Crippen molar-refractivity contribution in [2.24, 2.45) is 0 Å². The van der Waals surface area contributed by atoms with E-state index < -0.39 is 0 Å². The molecule has 5 nitrogen and oxygen atoms in total. The third-order valence-electron chi connectivity index (χ3n) is 7.66. The molecule has 0 saturated heterocycles. The molecule has 45 heavy (non-hydrogen) atoms. The van der Waals surface area contributed by atoms with E-state index in [1.165, 1.54) is 0 Å². The van der Waals surface area contributed by atoms with Crippen molar-refractivity contribution in [1.29, 1.82) is 0 Å². The van der Waals surface area contributed by atoms with Crippen molar-refractivity contribution in [2.45, 2.75) is 0 Å². The van der Waals surface area contributed by atoms with E-state index in [1.807, 2.05) is 79.0 Å². The lowest BCUT2D eigenvalue weighted by Gasteiger charge is -2.10. The second kappa shape index (κ2) is 11.7. The third kappa shape index (κ3) is 5.39. The fourth-order valence-corrected chi connectivity index (χ4v) is 6.43. The maximum Gasteiger partial charge on any atom is 0.164 e. The zero-order valence-electron chi connectivity index (χ0n) is 24.1. The molecule has 6 heteroatoms. The Bertz CT molecular complexity index is 2180. The lowest BCUT2D eigenvalue weighted by atomic mass is 9.98. The second-order valence-electron chi connectivity index (χ2n) is 10.6. The summed E-state index contributed by atoms with van der Waals surface area (Å²) in [6.45, 7) is 0. The molecule has 0 spiro atoms. The molecule has 212 valence electrons. The maximum atomic E-state index is 5.13. The normalized spacial score (nSPS) is 11.1. The summed E-state index contributed by atoms with van der Waals surface area (Å²) in [5.41, 5.74) is 9.22. The molecule has 0 atom stereocenters. The third-order valence-corrected chi connectivity index (χ3v) is 8.72. The highest BCUT2D eigenvalue weighted by atomic mass is 32.1. The summed E-state index contributed by atoms with van der Waals surface area (Å²) in [7, 11) is 0. The highest BCUT2D eigenvalue weighted by Gasteiger charge is 2.16. The van der Waals surface area contributed by atoms with Gasteiger partial charge in [0.25, 0.3) is 0 Å². The minimum atomic E-state index is 0.628. The SMILES string of the molecule is c1ccc(-c2nc(-c3ccccc3)nc(-c3ccc(-c4cc(-c5cccnc5)cc5sc(-c6ccccc6)nc45)cc3)n2)cc1. The highest BCUT2D eigenvalue weighted by molar-refractivity contribution is 7.21. The largest absolute Gasteiger partial charge is 0.264 e. The van der Waals surface area contributed by atoms with E-state index in [1.54, 1.807) is 17.5 Å². The van der Waals surface area contributed by atoms with Crippen LogP contribution in [-0.4, -0.2) is 24.9 Å². The molecule has 0 saturated carbocycles. The number of thiazole rings is 1. The van der Waals surface area contributed by atoms with E-state index in [-0.39, 0.29) is 0 Å². The number of rotatable bonds is 6. The molecule has 0 bridgehead atoms. The maximum absolute atomic E-state index is 5.13. The van der Waals surface area contributed by atoms with Gasteiger partial charge in [-0.2, -0.15) is 0 Å². The Labute approximate surface area is 264 Å². The number of nitrogens with zero attached hydrogens (tertiary/aromatic N) is 5. The molecule has 0 aliphatic heterocycles. The number of pyridine rings is 1. The van der Waals surface area contributed by atoms with Crippen LogP contribution in [0.1, 0.15) is 0 Å². The van der Waals surface area contributed by atoms with Crippen molar-refractivity contribution in [3.63, 3.8) is 0 Å². The van der Waals surface area contributed by atoms with Gasteiger partial charge in [0.1, 0.15) is 5.01 Å². The van der Waals surface area contributed by atoms with Crippen LogP contribution in [0.4, 0.5) is 0 Å². The molecular weight excluding hydrogens is 571 g/mol. The highest BCUT2D eigenvalue weighted by Crippen LogP contribution is 2.39. The van der Waals surface area contributed by atoms with Gasteiger partial charge in [-0.1, -0.05) is 121 Å². The van der Waals surface area contributed by atoms with Crippen molar-refractivity contribution in [2.75, 3.05) is 0 Å². The Morgan fingerprint density at radius 3 is 1.47 bits per heavy atom. The first-order chi connectivity index (χ1) is 22.3. The Kier molecular flexibility index (Phi) is 6.94. The van der Waals surface area contributed by atoms with Crippen molar-refractivity contribution in [3.8, 4) is 67.0 Å². The minimum Gasteiger partial charge on any atom is -0.264 e. The Balaban J connectivity index is 1.25. The van der Waals surface area contributed by atoms with Crippen LogP contribution < -0.4 is 0 Å². The second-order valence-corrected chi connectivity index (χ2v) is 11.6. The number of fused-ring (bicyclic) bond motifs is 1. The van der Waals surface area contributed by atoms with Crippen molar-refractivity contribution < 1.29 is 0 Å². The van der Waals surface area contributed by atoms with Gasteiger partial charge in [-0.15, -0.1) is 11.3 Å². The molecule has 3 heterocycles. The number of hydrogen-bond acceptors (Lipinski definition) is 6. The molecule has 0 amide bonds. The van der Waals surface area contributed by atoms with Crippen LogP contribution in [0.5, 0.6) is 0 Å². The van der Waals surface area contributed by atoms with Crippen molar-refractivity contribution in [1.82, 2.24) is 24.9 Å². The standard InChI is InChI=1S/C39H25N5S/c1-4-11-27(12-5-1)36-42-37(28-13-6-2-7-14-28)44-38(43-36)29-20-18-26(19-21-29)33-23-32(31-17-10-22-40-25-31)24-34-35(33)41-39(45-34)30-15-8-3-9-16-30/h1-25H. The lowest BCUT2D eigenvalue weighted by Crippen LogP contribution is -2.00. The number of hydrogen-bond donors (Lipinski definition) is 0. The molecular formula is C39H25N5S. The summed E-state index contributed by atoms with van der Waals surface area (Å²) in [4.78, 5) is 24.1. The van der Waals surface area contributed by atoms with E-state index in [4.69, 9.17) is 19.9 Å². The monoisotopic (exact) mass is 595 g/mol. The van der Waals surface area contributed by atoms with Gasteiger partial charge in [0.2, 0.25) is 0 Å². The minimum absolute atomic E-state index is 0.628. The first kappa shape index (κ1) is 26.8. The first-order valence-electron chi connectivity index (χ1n) is 14.7. The molecule has 0 aliphatic rings. The Hall–Kier alpha value is -5.85. The fraction of sp³-hybridized carbons (Fsp3) is 0. The Morgan fingerprint density at radius 2 is 0.911 bits per heavy atom. The van der Waals surface area contributed by atoms with Gasteiger partial charge >= 0.3 is 0 Å². The Morgan fingerprint density at radius 1 is 0.400 bits per heavy atom. The molecule has 0 N–H and O–H groups in total. The number of benzene rings is 5. The van der Waals surface area contributed by atoms with Gasteiger partial charge in [0.15, 0.2) is 17.5 Å². The van der Waals surface area contributed by atoms with Crippen LogP contribution in [0.25, 0.3) is 77.2 Å². The predicted octanol–water partition coefficient (Wildman–Crippen LogP) is 9.88. The summed E-state index contributed by atoms with van der Waals surface area (Å²) in [6.07, 6.45) is 3.71. The van der Waals surface area contributed by atoms with Gasteiger partial charge in [0, 0.05) is 45.8 Å². The lowest BCUT2D eigenvalue weighted by molar-refractivity contribution is 1.07. The van der Waals surface area contributed by atoms with Gasteiger partial charge in [-0.3, -0.25) is 4.98 Å². The first-order valence-corrected chi connectivity index (χ1v) is 15.5. The van der Waals surface area contributed by atoms with Crippen LogP contribution in [0.3, 0.4) is 0 Å². The smallest absolute Gasteiger partial charge is 0.164 e. The van der Waals surface area contributed by atoms with Gasteiger partial charge in [-0.05, 0) is 29.3 Å². The molecule has 3 aromatic heterocycles. The summed E-state index contributed by atoms with van der Waals surface area (Å²) in [5.74, 6) is 1.92. The van der Waals surface area contributed by atoms with Crippen LogP contribution in [-0.2, 0) is 0 Å². The molecule has 5 aromatic carbocycles. The van der Waals surface area contributed by atoms with E-state index in [9.17, 15) is 0 Å². The zero-order chi connectivity index (χ0) is 30.0. The summed E-state index contributed by atoms with van der Waals surface area (Å²) in [6, 6.07) is 47.3. The summed E-state index contributed by atoms with van der Waals surface area (Å²) < 4.78 is 1.13. The molecule has 8 aromatic rings. The van der Waals surface area contributed by atoms with Gasteiger partial charge in [0.05, 0.1) is 10.2 Å². The molecule has 0 aliphatic carbocycles. The van der Waals surface area contributed by atoms with E-state index in [2.05, 4.69) is 71.7 Å². The quantitative estimate of drug-likeness (QED) is 0.191. The number of aromatic nitrogens is 5. The molecule has 8 rings (SSSR count). The average molecular weight is 596 g/mol. The van der Waals surface area contributed by atoms with Crippen LogP contribution in [0, 0.1) is 0 Å². The molecule has 0 unspecified atom stereocenters. The fourth-order valence-electron chi connectivity index (χ4n) is 5.39. The molecule has 0 fully saturated rings.